The van der Waals surface area contributed by atoms with Crippen molar-refractivity contribution in [1.82, 2.24) is 4.90 Å². The standard InChI is InChI=1S/C15H25N3/c1-12-4-5-13(16)14(10-12)17-11-15(2)6-8-18(3)9-7-15/h4-5,10,17H,6-9,11,16H2,1-3H3. The second-order valence-corrected chi connectivity index (χ2v) is 6.06. The smallest absolute Gasteiger partial charge is 0.0576 e. The molecule has 0 aliphatic carbocycles. The Bertz CT molecular complexity index is 406. The molecule has 3 heteroatoms. The third kappa shape index (κ3) is 3.16. The van der Waals surface area contributed by atoms with E-state index in [1.807, 2.05) is 6.07 Å². The zero-order chi connectivity index (χ0) is 13.2. The highest BCUT2D eigenvalue weighted by molar-refractivity contribution is 5.66. The Labute approximate surface area is 110 Å². The van der Waals surface area contributed by atoms with Crippen molar-refractivity contribution in [1.29, 1.82) is 0 Å². The summed E-state index contributed by atoms with van der Waals surface area (Å²) >= 11 is 0. The highest BCUT2D eigenvalue weighted by Gasteiger charge is 2.28. The fraction of sp³-hybridized carbons (Fsp3) is 0.600. The molecule has 0 atom stereocenters. The summed E-state index contributed by atoms with van der Waals surface area (Å²) in [6.07, 6.45) is 2.50. The maximum Gasteiger partial charge on any atom is 0.0576 e. The number of piperidine rings is 1. The van der Waals surface area contributed by atoms with Crippen LogP contribution in [0.3, 0.4) is 0 Å². The molecule has 1 aliphatic rings. The van der Waals surface area contributed by atoms with Gasteiger partial charge in [0.1, 0.15) is 0 Å². The van der Waals surface area contributed by atoms with Gasteiger partial charge >= 0.3 is 0 Å². The molecule has 0 saturated carbocycles. The van der Waals surface area contributed by atoms with E-state index in [9.17, 15) is 0 Å². The van der Waals surface area contributed by atoms with Gasteiger partial charge in [0.2, 0.25) is 0 Å². The van der Waals surface area contributed by atoms with Gasteiger partial charge in [0.25, 0.3) is 0 Å². The van der Waals surface area contributed by atoms with E-state index in [1.54, 1.807) is 0 Å². The molecule has 0 bridgehead atoms. The Morgan fingerprint density at radius 2 is 2.00 bits per heavy atom. The summed E-state index contributed by atoms with van der Waals surface area (Å²) in [4.78, 5) is 2.41. The van der Waals surface area contributed by atoms with Gasteiger partial charge in [-0.05, 0) is 63.0 Å². The average Bonchev–Trinajstić information content (AvgIpc) is 2.35. The van der Waals surface area contributed by atoms with Crippen LogP contribution in [0, 0.1) is 12.3 Å². The minimum Gasteiger partial charge on any atom is -0.397 e. The highest BCUT2D eigenvalue weighted by atomic mass is 15.1. The lowest BCUT2D eigenvalue weighted by atomic mass is 9.80. The maximum atomic E-state index is 6.00. The lowest BCUT2D eigenvalue weighted by Gasteiger charge is -2.38. The highest BCUT2D eigenvalue weighted by Crippen LogP contribution is 2.31. The summed E-state index contributed by atoms with van der Waals surface area (Å²) in [5.74, 6) is 0. The number of benzene rings is 1. The van der Waals surface area contributed by atoms with Crippen molar-refractivity contribution in [3.05, 3.63) is 23.8 Å². The van der Waals surface area contributed by atoms with E-state index in [2.05, 4.69) is 43.2 Å². The number of hydrogen-bond acceptors (Lipinski definition) is 3. The first-order valence-electron chi connectivity index (χ1n) is 6.77. The zero-order valence-electron chi connectivity index (χ0n) is 11.8. The number of nitrogens with one attached hydrogen (secondary N) is 1. The first kappa shape index (κ1) is 13.2. The Morgan fingerprint density at radius 1 is 1.33 bits per heavy atom. The molecule has 0 spiro atoms. The van der Waals surface area contributed by atoms with Gasteiger partial charge in [-0.25, -0.2) is 0 Å². The molecule has 100 valence electrons. The van der Waals surface area contributed by atoms with Gasteiger partial charge in [-0.15, -0.1) is 0 Å². The minimum absolute atomic E-state index is 0.392. The third-order valence-corrected chi connectivity index (χ3v) is 4.11. The molecule has 0 radical (unpaired) electrons. The second-order valence-electron chi connectivity index (χ2n) is 6.06. The summed E-state index contributed by atoms with van der Waals surface area (Å²) in [5.41, 5.74) is 9.56. The van der Waals surface area contributed by atoms with Crippen LogP contribution in [0.15, 0.2) is 18.2 Å². The van der Waals surface area contributed by atoms with E-state index in [0.717, 1.165) is 17.9 Å². The van der Waals surface area contributed by atoms with E-state index in [0.29, 0.717) is 5.41 Å². The monoisotopic (exact) mass is 247 g/mol. The predicted molar refractivity (Wildman–Crippen MR) is 78.9 cm³/mol. The van der Waals surface area contributed by atoms with Crippen molar-refractivity contribution in [2.45, 2.75) is 26.7 Å². The number of rotatable bonds is 3. The molecular weight excluding hydrogens is 222 g/mol. The Kier molecular flexibility index (Phi) is 3.81. The van der Waals surface area contributed by atoms with Gasteiger partial charge in [0.05, 0.1) is 11.4 Å². The Hall–Kier alpha value is -1.22. The van der Waals surface area contributed by atoms with Crippen LogP contribution < -0.4 is 11.1 Å². The number of nitrogen functional groups attached to an aromatic ring is 1. The van der Waals surface area contributed by atoms with Gasteiger partial charge in [-0.1, -0.05) is 13.0 Å². The Morgan fingerprint density at radius 3 is 2.67 bits per heavy atom. The van der Waals surface area contributed by atoms with Crippen molar-refractivity contribution >= 4 is 11.4 Å². The molecule has 1 aromatic carbocycles. The summed E-state index contributed by atoms with van der Waals surface area (Å²) < 4.78 is 0. The first-order valence-corrected chi connectivity index (χ1v) is 6.77. The second kappa shape index (κ2) is 5.19. The summed E-state index contributed by atoms with van der Waals surface area (Å²) in [6, 6.07) is 6.17. The fourth-order valence-electron chi connectivity index (χ4n) is 2.47. The minimum atomic E-state index is 0.392. The van der Waals surface area contributed by atoms with Crippen molar-refractivity contribution in [2.75, 3.05) is 37.7 Å². The fourth-order valence-corrected chi connectivity index (χ4v) is 2.47. The van der Waals surface area contributed by atoms with Crippen LogP contribution in [-0.4, -0.2) is 31.6 Å². The molecule has 1 aromatic rings. The lowest BCUT2D eigenvalue weighted by Crippen LogP contribution is -2.40. The molecule has 1 saturated heterocycles. The van der Waals surface area contributed by atoms with Gasteiger partial charge < -0.3 is 16.0 Å². The number of nitrogens with two attached hydrogens (primary N) is 1. The van der Waals surface area contributed by atoms with Crippen molar-refractivity contribution in [2.24, 2.45) is 5.41 Å². The first-order chi connectivity index (χ1) is 8.48. The average molecular weight is 247 g/mol. The van der Waals surface area contributed by atoms with Gasteiger partial charge in [-0.2, -0.15) is 0 Å². The SMILES string of the molecule is Cc1ccc(N)c(NCC2(C)CCN(C)CC2)c1. The van der Waals surface area contributed by atoms with E-state index < -0.39 is 0 Å². The largest absolute Gasteiger partial charge is 0.397 e. The molecule has 0 amide bonds. The van der Waals surface area contributed by atoms with Gasteiger partial charge in [0, 0.05) is 6.54 Å². The maximum absolute atomic E-state index is 6.00. The zero-order valence-corrected chi connectivity index (χ0v) is 11.8. The summed E-state index contributed by atoms with van der Waals surface area (Å²) in [5, 5.41) is 3.54. The van der Waals surface area contributed by atoms with Crippen LogP contribution in [0.25, 0.3) is 0 Å². The van der Waals surface area contributed by atoms with Crippen LogP contribution in [0.1, 0.15) is 25.3 Å². The molecule has 3 N–H and O–H groups in total. The van der Waals surface area contributed by atoms with Crippen LogP contribution in [0.2, 0.25) is 0 Å². The van der Waals surface area contributed by atoms with E-state index in [4.69, 9.17) is 5.73 Å². The van der Waals surface area contributed by atoms with Gasteiger partial charge in [-0.3, -0.25) is 0 Å². The third-order valence-electron chi connectivity index (χ3n) is 4.11. The summed E-state index contributed by atoms with van der Waals surface area (Å²) in [6.45, 7) is 7.87. The molecule has 1 fully saturated rings. The van der Waals surface area contributed by atoms with Crippen LogP contribution in [0.5, 0.6) is 0 Å². The van der Waals surface area contributed by atoms with E-state index >= 15 is 0 Å². The number of anilines is 2. The van der Waals surface area contributed by atoms with Crippen molar-refractivity contribution in [3.63, 3.8) is 0 Å². The predicted octanol–water partition coefficient (Wildman–Crippen LogP) is 2.72. The molecular formula is C15H25N3. The molecule has 0 unspecified atom stereocenters. The molecule has 18 heavy (non-hydrogen) atoms. The number of aryl methyl sites for hydroxylation is 1. The topological polar surface area (TPSA) is 41.3 Å². The van der Waals surface area contributed by atoms with Gasteiger partial charge in [0.15, 0.2) is 0 Å². The van der Waals surface area contributed by atoms with E-state index in [1.165, 1.54) is 31.5 Å². The van der Waals surface area contributed by atoms with Crippen molar-refractivity contribution in [3.8, 4) is 0 Å². The molecule has 0 aromatic heterocycles. The molecule has 2 rings (SSSR count). The van der Waals surface area contributed by atoms with Crippen LogP contribution in [0.4, 0.5) is 11.4 Å². The van der Waals surface area contributed by atoms with Crippen LogP contribution >= 0.6 is 0 Å². The van der Waals surface area contributed by atoms with Crippen molar-refractivity contribution < 1.29 is 0 Å². The molecule has 1 heterocycles. The quantitative estimate of drug-likeness (QED) is 0.807. The molecule has 3 nitrogen and oxygen atoms in total. The normalized spacial score (nSPS) is 19.7. The van der Waals surface area contributed by atoms with Crippen LogP contribution in [-0.2, 0) is 0 Å². The Balaban J connectivity index is 1.96. The number of likely N-dealkylation sites (tertiary alicyclic amines) is 1. The number of nitrogens with zero attached hydrogens (tertiary/aromatic N) is 1. The molecule has 1 aliphatic heterocycles. The lowest BCUT2D eigenvalue weighted by molar-refractivity contribution is 0.150. The summed E-state index contributed by atoms with van der Waals surface area (Å²) in [7, 11) is 2.20. The number of hydrogen-bond donors (Lipinski definition) is 2. The van der Waals surface area contributed by atoms with E-state index in [-0.39, 0.29) is 0 Å².